The average Bonchev–Trinajstić information content (AvgIpc) is 3.36. The van der Waals surface area contributed by atoms with Gasteiger partial charge in [0.1, 0.15) is 11.2 Å². The van der Waals surface area contributed by atoms with Gasteiger partial charge in [-0.25, -0.2) is 0 Å². The fourth-order valence-corrected chi connectivity index (χ4v) is 5.58. The first-order valence-electron chi connectivity index (χ1n) is 11.3. The smallest absolute Gasteiger partial charge is 0.271 e. The molecule has 2 amide bonds. The number of carbonyl (C=O) groups excluding carboxylic acids is 2. The molecule has 32 heavy (non-hydrogen) atoms. The topological polar surface area (TPSA) is 67.5 Å². The van der Waals surface area contributed by atoms with Crippen molar-refractivity contribution in [2.75, 3.05) is 0 Å². The van der Waals surface area contributed by atoms with Crippen LogP contribution < -0.4 is 5.32 Å². The number of amides is 2. The van der Waals surface area contributed by atoms with Gasteiger partial charge < -0.3 is 19.2 Å². The number of fused-ring (bicyclic) bond motifs is 3. The Morgan fingerprint density at radius 2 is 2.03 bits per heavy atom. The van der Waals surface area contributed by atoms with Gasteiger partial charge in [-0.1, -0.05) is 53.9 Å². The number of benzene rings is 1. The van der Waals surface area contributed by atoms with Crippen molar-refractivity contribution in [3.05, 3.63) is 58.4 Å². The fraction of sp³-hybridized carbons (Fsp3) is 0.440. The van der Waals surface area contributed by atoms with Crippen LogP contribution in [0.3, 0.4) is 0 Å². The maximum absolute atomic E-state index is 13.8. The Balaban J connectivity index is 1.54. The fourth-order valence-electron chi connectivity index (χ4n) is 5.17. The van der Waals surface area contributed by atoms with Gasteiger partial charge >= 0.3 is 0 Å². The normalized spacial score (nSPS) is 25.7. The third kappa shape index (κ3) is 3.47. The zero-order valence-electron chi connectivity index (χ0n) is 18.4. The van der Waals surface area contributed by atoms with E-state index in [1.54, 1.807) is 17.2 Å². The third-order valence-electron chi connectivity index (χ3n) is 7.25. The molecule has 3 atom stereocenters. The minimum atomic E-state index is -1.03. The summed E-state index contributed by atoms with van der Waals surface area (Å²) in [6.45, 7) is 4.82. The molecular formula is C25H28BrN3O3. The highest BCUT2D eigenvalue weighted by Gasteiger charge is 2.48. The summed E-state index contributed by atoms with van der Waals surface area (Å²) in [6, 6.07) is 11.6. The Morgan fingerprint density at radius 3 is 2.81 bits per heavy atom. The molecule has 1 fully saturated rings. The van der Waals surface area contributed by atoms with Crippen LogP contribution in [0.2, 0.25) is 0 Å². The van der Waals surface area contributed by atoms with Gasteiger partial charge in [0.05, 0.1) is 18.3 Å². The van der Waals surface area contributed by atoms with Gasteiger partial charge in [0.25, 0.3) is 5.91 Å². The molecule has 0 unspecified atom stereocenters. The molecule has 1 aromatic carbocycles. The number of nitrogens with one attached hydrogen (secondary N) is 1. The Labute approximate surface area is 196 Å². The third-order valence-corrected chi connectivity index (χ3v) is 8.03. The second-order valence-corrected chi connectivity index (χ2v) is 10.2. The van der Waals surface area contributed by atoms with E-state index in [4.69, 9.17) is 4.42 Å². The van der Waals surface area contributed by atoms with Crippen LogP contribution >= 0.6 is 15.9 Å². The lowest BCUT2D eigenvalue weighted by Gasteiger charge is -2.45. The van der Waals surface area contributed by atoms with Crippen molar-refractivity contribution in [1.82, 2.24) is 14.8 Å². The molecule has 6 nitrogen and oxygen atoms in total. The molecule has 1 saturated carbocycles. The Morgan fingerprint density at radius 1 is 1.25 bits per heavy atom. The van der Waals surface area contributed by atoms with Crippen molar-refractivity contribution in [3.8, 4) is 0 Å². The van der Waals surface area contributed by atoms with Crippen LogP contribution in [-0.4, -0.2) is 32.9 Å². The largest absolute Gasteiger partial charge is 0.463 e. The first kappa shape index (κ1) is 21.3. The highest BCUT2D eigenvalue weighted by Crippen LogP contribution is 2.35. The Kier molecular flexibility index (Phi) is 5.40. The monoisotopic (exact) mass is 497 g/mol. The summed E-state index contributed by atoms with van der Waals surface area (Å²) in [5, 5.41) is 3.31. The number of aromatic nitrogens is 1. The van der Waals surface area contributed by atoms with E-state index in [9.17, 15) is 9.59 Å². The standard InChI is InChI=1S/C25H28BrN3O3/c1-16-7-3-6-10-19(16)27-24(31)25(2)15-28-20-11-12-32-22(20)13-21(28)23(30)29(25)14-17-8-4-5-9-18(17)26/h4-5,8-9,11-13,16,19H,3,6-7,10,14-15H2,1-2H3,(H,27,31)/t16-,19+,25+/m1/s1. The minimum absolute atomic E-state index is 0.0901. The predicted octanol–water partition coefficient (Wildman–Crippen LogP) is 5.11. The van der Waals surface area contributed by atoms with E-state index >= 15 is 0 Å². The van der Waals surface area contributed by atoms with Crippen LogP contribution in [0.25, 0.3) is 11.1 Å². The lowest BCUT2D eigenvalue weighted by molar-refractivity contribution is -0.134. The van der Waals surface area contributed by atoms with E-state index in [1.807, 2.05) is 41.8 Å². The average molecular weight is 498 g/mol. The van der Waals surface area contributed by atoms with Crippen LogP contribution in [0.1, 0.15) is 55.6 Å². The quantitative estimate of drug-likeness (QED) is 0.544. The van der Waals surface area contributed by atoms with Gasteiger partial charge in [-0.05, 0) is 37.3 Å². The van der Waals surface area contributed by atoms with Gasteiger partial charge in [0, 0.05) is 29.2 Å². The van der Waals surface area contributed by atoms with E-state index < -0.39 is 5.54 Å². The van der Waals surface area contributed by atoms with Gasteiger partial charge in [-0.15, -0.1) is 0 Å². The SMILES string of the molecule is C[C@@H]1CCCC[C@@H]1NC(=O)[C@]1(C)Cn2c(cc3occc32)C(=O)N1Cc1ccccc1Br. The molecule has 2 aliphatic rings. The second-order valence-electron chi connectivity index (χ2n) is 9.38. The lowest BCUT2D eigenvalue weighted by Crippen LogP contribution is -2.65. The van der Waals surface area contributed by atoms with Crippen molar-refractivity contribution in [3.63, 3.8) is 0 Å². The molecular weight excluding hydrogens is 470 g/mol. The maximum Gasteiger partial charge on any atom is 0.271 e. The van der Waals surface area contributed by atoms with E-state index in [0.29, 0.717) is 30.3 Å². The predicted molar refractivity (Wildman–Crippen MR) is 126 cm³/mol. The van der Waals surface area contributed by atoms with Crippen molar-refractivity contribution < 1.29 is 14.0 Å². The summed E-state index contributed by atoms with van der Waals surface area (Å²) >= 11 is 3.60. The number of rotatable bonds is 4. The summed E-state index contributed by atoms with van der Waals surface area (Å²) in [6.07, 6.45) is 6.07. The number of carbonyl (C=O) groups is 2. The second kappa shape index (κ2) is 8.10. The zero-order chi connectivity index (χ0) is 22.5. The molecule has 1 aliphatic heterocycles. The molecule has 168 valence electrons. The van der Waals surface area contributed by atoms with Crippen LogP contribution in [0, 0.1) is 5.92 Å². The molecule has 0 spiro atoms. The number of halogens is 1. The van der Waals surface area contributed by atoms with Crippen LogP contribution in [0.4, 0.5) is 0 Å². The number of hydrogen-bond acceptors (Lipinski definition) is 3. The van der Waals surface area contributed by atoms with Crippen molar-refractivity contribution in [2.24, 2.45) is 5.92 Å². The van der Waals surface area contributed by atoms with E-state index in [0.717, 1.165) is 34.8 Å². The van der Waals surface area contributed by atoms with Crippen molar-refractivity contribution >= 4 is 38.8 Å². The molecule has 0 bridgehead atoms. The van der Waals surface area contributed by atoms with Gasteiger partial charge in [0.15, 0.2) is 5.58 Å². The molecule has 0 saturated heterocycles. The molecule has 7 heteroatoms. The molecule has 3 aromatic rings. The Bertz CT molecular complexity index is 1180. The molecule has 0 radical (unpaired) electrons. The number of nitrogens with zero attached hydrogens (tertiary/aromatic N) is 2. The molecule has 2 aromatic heterocycles. The highest BCUT2D eigenvalue weighted by atomic mass is 79.9. The van der Waals surface area contributed by atoms with E-state index in [1.165, 1.54) is 6.42 Å². The Hall–Kier alpha value is -2.54. The number of furan rings is 1. The van der Waals surface area contributed by atoms with Gasteiger partial charge in [0.2, 0.25) is 5.91 Å². The summed E-state index contributed by atoms with van der Waals surface area (Å²) in [5.74, 6) is 0.190. The first-order chi connectivity index (χ1) is 15.4. The van der Waals surface area contributed by atoms with Crippen LogP contribution in [0.5, 0.6) is 0 Å². The van der Waals surface area contributed by atoms with Gasteiger partial charge in [-0.2, -0.15) is 0 Å². The summed E-state index contributed by atoms with van der Waals surface area (Å²) in [4.78, 5) is 29.3. The zero-order valence-corrected chi connectivity index (χ0v) is 20.0. The minimum Gasteiger partial charge on any atom is -0.463 e. The van der Waals surface area contributed by atoms with E-state index in [-0.39, 0.29) is 17.9 Å². The molecule has 5 rings (SSSR count). The maximum atomic E-state index is 13.8. The number of hydrogen-bond donors (Lipinski definition) is 1. The van der Waals surface area contributed by atoms with Gasteiger partial charge in [-0.3, -0.25) is 9.59 Å². The summed E-state index contributed by atoms with van der Waals surface area (Å²) in [7, 11) is 0. The van der Waals surface area contributed by atoms with Crippen molar-refractivity contribution in [1.29, 1.82) is 0 Å². The lowest BCUT2D eigenvalue weighted by atomic mass is 9.85. The van der Waals surface area contributed by atoms with Crippen LogP contribution in [0.15, 0.2) is 51.6 Å². The summed E-state index contributed by atoms with van der Waals surface area (Å²) in [5.41, 5.74) is 2.01. The van der Waals surface area contributed by atoms with Crippen LogP contribution in [-0.2, 0) is 17.9 Å². The molecule has 3 heterocycles. The highest BCUT2D eigenvalue weighted by molar-refractivity contribution is 9.10. The molecule has 1 N–H and O–H groups in total. The first-order valence-corrected chi connectivity index (χ1v) is 12.1. The van der Waals surface area contributed by atoms with E-state index in [2.05, 4.69) is 28.2 Å². The summed E-state index contributed by atoms with van der Waals surface area (Å²) < 4.78 is 8.41. The van der Waals surface area contributed by atoms with Crippen molar-refractivity contribution in [2.45, 2.75) is 64.2 Å². The molecule has 1 aliphatic carbocycles.